The highest BCUT2D eigenvalue weighted by molar-refractivity contribution is 7.80. The number of aryl methyl sites for hydroxylation is 1. The number of hydrazone groups is 1. The standard InChI is InChI=1S/C12H20N4S/c1-5-13-12(17)15-14-8-11-7-9(3)16(6-2)10(11)4/h7-8H,5-6H2,1-4H3,(H2,13,15,17). The highest BCUT2D eigenvalue weighted by atomic mass is 32.1. The molecule has 0 aliphatic heterocycles. The minimum Gasteiger partial charge on any atom is -0.362 e. The maximum absolute atomic E-state index is 5.01. The molecule has 0 fully saturated rings. The molecule has 17 heavy (non-hydrogen) atoms. The molecule has 0 aliphatic carbocycles. The first-order valence-corrected chi connectivity index (χ1v) is 6.24. The number of thiocarbonyl (C=S) groups is 1. The Hall–Kier alpha value is -1.36. The third-order valence-corrected chi connectivity index (χ3v) is 2.87. The van der Waals surface area contributed by atoms with Gasteiger partial charge in [0.1, 0.15) is 0 Å². The molecule has 0 unspecified atom stereocenters. The molecule has 0 amide bonds. The van der Waals surface area contributed by atoms with Gasteiger partial charge in [-0.15, -0.1) is 0 Å². The van der Waals surface area contributed by atoms with E-state index in [2.05, 4.69) is 47.2 Å². The minimum absolute atomic E-state index is 0.549. The number of hydrogen-bond donors (Lipinski definition) is 2. The maximum atomic E-state index is 5.01. The Kier molecular flexibility index (Phi) is 5.15. The first kappa shape index (κ1) is 13.7. The fourth-order valence-electron chi connectivity index (χ4n) is 1.81. The molecule has 0 saturated carbocycles. The van der Waals surface area contributed by atoms with Crippen LogP contribution >= 0.6 is 12.2 Å². The third-order valence-electron chi connectivity index (χ3n) is 2.64. The molecule has 1 aromatic rings. The van der Waals surface area contributed by atoms with Gasteiger partial charge < -0.3 is 9.88 Å². The molecule has 0 aromatic carbocycles. The molecule has 0 atom stereocenters. The summed E-state index contributed by atoms with van der Waals surface area (Å²) in [4.78, 5) is 0. The van der Waals surface area contributed by atoms with E-state index in [9.17, 15) is 0 Å². The molecule has 1 rings (SSSR count). The van der Waals surface area contributed by atoms with Crippen LogP contribution in [-0.4, -0.2) is 22.4 Å². The zero-order chi connectivity index (χ0) is 12.8. The van der Waals surface area contributed by atoms with Crippen LogP contribution in [0.25, 0.3) is 0 Å². The molecule has 0 aliphatic rings. The lowest BCUT2D eigenvalue weighted by Gasteiger charge is -2.04. The van der Waals surface area contributed by atoms with Crippen molar-refractivity contribution in [2.45, 2.75) is 34.2 Å². The maximum Gasteiger partial charge on any atom is 0.186 e. The summed E-state index contributed by atoms with van der Waals surface area (Å²) >= 11 is 5.01. The molecule has 0 bridgehead atoms. The van der Waals surface area contributed by atoms with E-state index in [4.69, 9.17) is 12.2 Å². The summed E-state index contributed by atoms with van der Waals surface area (Å²) < 4.78 is 2.25. The van der Waals surface area contributed by atoms with Crippen molar-refractivity contribution in [1.82, 2.24) is 15.3 Å². The van der Waals surface area contributed by atoms with Crippen LogP contribution in [0.1, 0.15) is 30.8 Å². The Labute approximate surface area is 108 Å². The van der Waals surface area contributed by atoms with Crippen molar-refractivity contribution >= 4 is 23.5 Å². The molecule has 1 heterocycles. The molecule has 94 valence electrons. The summed E-state index contributed by atoms with van der Waals surface area (Å²) in [5.74, 6) is 0. The van der Waals surface area contributed by atoms with Crippen LogP contribution in [-0.2, 0) is 6.54 Å². The van der Waals surface area contributed by atoms with E-state index in [1.54, 1.807) is 6.21 Å². The average Bonchev–Trinajstić information content (AvgIpc) is 2.54. The van der Waals surface area contributed by atoms with Crippen molar-refractivity contribution in [3.8, 4) is 0 Å². The fraction of sp³-hybridized carbons (Fsp3) is 0.500. The predicted octanol–water partition coefficient (Wildman–Crippen LogP) is 1.94. The number of aromatic nitrogens is 1. The van der Waals surface area contributed by atoms with Crippen LogP contribution in [0.4, 0.5) is 0 Å². The number of rotatable bonds is 4. The second-order valence-electron chi connectivity index (χ2n) is 3.80. The summed E-state index contributed by atoms with van der Waals surface area (Å²) in [5, 5.41) is 7.64. The highest BCUT2D eigenvalue weighted by Crippen LogP contribution is 2.12. The molecule has 0 saturated heterocycles. The Balaban J connectivity index is 2.69. The molecule has 0 spiro atoms. The Morgan fingerprint density at radius 1 is 1.47 bits per heavy atom. The van der Waals surface area contributed by atoms with E-state index in [1.165, 1.54) is 11.4 Å². The van der Waals surface area contributed by atoms with Crippen LogP contribution < -0.4 is 10.7 Å². The van der Waals surface area contributed by atoms with E-state index >= 15 is 0 Å². The quantitative estimate of drug-likeness (QED) is 0.489. The van der Waals surface area contributed by atoms with Gasteiger partial charge >= 0.3 is 0 Å². The second-order valence-corrected chi connectivity index (χ2v) is 4.21. The summed E-state index contributed by atoms with van der Waals surface area (Å²) in [6.07, 6.45) is 1.80. The molecule has 0 radical (unpaired) electrons. The van der Waals surface area contributed by atoms with Gasteiger partial charge in [-0.25, -0.2) is 0 Å². The Morgan fingerprint density at radius 3 is 2.71 bits per heavy atom. The lowest BCUT2D eigenvalue weighted by molar-refractivity contribution is 0.718. The van der Waals surface area contributed by atoms with Crippen LogP contribution in [0.3, 0.4) is 0 Å². The average molecular weight is 252 g/mol. The largest absolute Gasteiger partial charge is 0.362 e. The van der Waals surface area contributed by atoms with E-state index in [-0.39, 0.29) is 0 Å². The Bertz CT molecular complexity index is 420. The second kappa shape index (κ2) is 6.39. The van der Waals surface area contributed by atoms with Crippen molar-refractivity contribution in [2.24, 2.45) is 5.10 Å². The molecule has 2 N–H and O–H groups in total. The molecule has 4 nitrogen and oxygen atoms in total. The molecular formula is C12H20N4S. The van der Waals surface area contributed by atoms with E-state index in [0.29, 0.717) is 5.11 Å². The van der Waals surface area contributed by atoms with Gasteiger partial charge in [-0.3, -0.25) is 5.43 Å². The van der Waals surface area contributed by atoms with Gasteiger partial charge in [0, 0.05) is 30.0 Å². The monoisotopic (exact) mass is 252 g/mol. The van der Waals surface area contributed by atoms with Crippen LogP contribution in [0, 0.1) is 13.8 Å². The van der Waals surface area contributed by atoms with Crippen LogP contribution in [0.2, 0.25) is 0 Å². The zero-order valence-corrected chi connectivity index (χ0v) is 11.7. The summed E-state index contributed by atoms with van der Waals surface area (Å²) in [7, 11) is 0. The number of hydrogen-bond acceptors (Lipinski definition) is 2. The first-order chi connectivity index (χ1) is 8.10. The predicted molar refractivity (Wildman–Crippen MR) is 76.6 cm³/mol. The van der Waals surface area contributed by atoms with Gasteiger partial charge in [-0.05, 0) is 46.0 Å². The van der Waals surface area contributed by atoms with Gasteiger partial charge in [-0.1, -0.05) is 0 Å². The van der Waals surface area contributed by atoms with Crippen molar-refractivity contribution in [2.75, 3.05) is 6.54 Å². The van der Waals surface area contributed by atoms with Crippen molar-refractivity contribution in [1.29, 1.82) is 0 Å². The highest BCUT2D eigenvalue weighted by Gasteiger charge is 2.05. The summed E-state index contributed by atoms with van der Waals surface area (Å²) in [6, 6.07) is 2.13. The summed E-state index contributed by atoms with van der Waals surface area (Å²) in [6.45, 7) is 10.1. The molecular weight excluding hydrogens is 232 g/mol. The van der Waals surface area contributed by atoms with E-state index in [0.717, 1.165) is 18.7 Å². The van der Waals surface area contributed by atoms with Gasteiger partial charge in [0.2, 0.25) is 0 Å². The molecule has 1 aromatic heterocycles. The SMILES string of the molecule is CCNC(=S)NN=Cc1cc(C)n(CC)c1C. The minimum atomic E-state index is 0.549. The van der Waals surface area contributed by atoms with Crippen molar-refractivity contribution in [3.63, 3.8) is 0 Å². The van der Waals surface area contributed by atoms with Crippen LogP contribution in [0.5, 0.6) is 0 Å². The van der Waals surface area contributed by atoms with E-state index < -0.39 is 0 Å². The topological polar surface area (TPSA) is 41.4 Å². The van der Waals surface area contributed by atoms with Crippen molar-refractivity contribution < 1.29 is 0 Å². The van der Waals surface area contributed by atoms with Crippen molar-refractivity contribution in [3.05, 3.63) is 23.0 Å². The fourth-order valence-corrected chi connectivity index (χ4v) is 2.00. The normalized spacial score (nSPS) is 10.8. The third kappa shape index (κ3) is 3.56. The van der Waals surface area contributed by atoms with Crippen LogP contribution in [0.15, 0.2) is 11.2 Å². The zero-order valence-electron chi connectivity index (χ0n) is 10.9. The van der Waals surface area contributed by atoms with Gasteiger partial charge in [0.15, 0.2) is 5.11 Å². The number of nitrogens with zero attached hydrogens (tertiary/aromatic N) is 2. The van der Waals surface area contributed by atoms with Gasteiger partial charge in [0.25, 0.3) is 0 Å². The smallest absolute Gasteiger partial charge is 0.186 e. The number of nitrogens with one attached hydrogen (secondary N) is 2. The lowest BCUT2D eigenvalue weighted by Crippen LogP contribution is -2.31. The Morgan fingerprint density at radius 2 is 2.18 bits per heavy atom. The molecule has 5 heteroatoms. The van der Waals surface area contributed by atoms with Gasteiger partial charge in [-0.2, -0.15) is 5.10 Å². The summed E-state index contributed by atoms with van der Waals surface area (Å²) in [5.41, 5.74) is 6.39. The van der Waals surface area contributed by atoms with Gasteiger partial charge in [0.05, 0.1) is 6.21 Å². The van der Waals surface area contributed by atoms with E-state index in [1.807, 2.05) is 6.92 Å². The lowest BCUT2D eigenvalue weighted by atomic mass is 10.3. The first-order valence-electron chi connectivity index (χ1n) is 5.83.